The van der Waals surface area contributed by atoms with Crippen LogP contribution in [0.25, 0.3) is 16.0 Å². The van der Waals surface area contributed by atoms with Gasteiger partial charge in [0.05, 0.1) is 5.69 Å². The van der Waals surface area contributed by atoms with Crippen LogP contribution in [0, 0.1) is 13.8 Å². The van der Waals surface area contributed by atoms with Crippen molar-refractivity contribution < 1.29 is 4.79 Å². The Morgan fingerprint density at radius 1 is 1.09 bits per heavy atom. The van der Waals surface area contributed by atoms with Crippen LogP contribution in [-0.4, -0.2) is 25.8 Å². The minimum absolute atomic E-state index is 0.239. The number of para-hydroxylation sites is 1. The second-order valence-corrected chi connectivity index (χ2v) is 9.77. The standard InChI is InChI=1S/C23H22N4O3S2/c1-4-31-22-25-20-19(32-22)21(29)27(17-8-6-5-7-9-17)23(30)26(20)13-18(28)24-16-11-10-14(2)15(3)12-16/h5-12H,4,13H2,1-3H3,(H,24,28). The third-order valence-electron chi connectivity index (χ3n) is 5.04. The van der Waals surface area contributed by atoms with Crippen LogP contribution in [0.3, 0.4) is 0 Å². The second kappa shape index (κ2) is 9.13. The lowest BCUT2D eigenvalue weighted by atomic mass is 10.1. The summed E-state index contributed by atoms with van der Waals surface area (Å²) in [5.41, 5.74) is 2.50. The molecule has 7 nitrogen and oxygen atoms in total. The predicted molar refractivity (Wildman–Crippen MR) is 130 cm³/mol. The fraction of sp³-hybridized carbons (Fsp3) is 0.217. The molecule has 4 rings (SSSR count). The summed E-state index contributed by atoms with van der Waals surface area (Å²) in [6, 6.07) is 14.3. The van der Waals surface area contributed by atoms with Gasteiger partial charge in [-0.05, 0) is 55.0 Å². The van der Waals surface area contributed by atoms with Crippen LogP contribution >= 0.6 is 23.1 Å². The topological polar surface area (TPSA) is 86.0 Å². The smallest absolute Gasteiger partial charge is 0.325 e. The number of aromatic nitrogens is 3. The van der Waals surface area contributed by atoms with Crippen LogP contribution in [0.2, 0.25) is 0 Å². The van der Waals surface area contributed by atoms with E-state index in [2.05, 4.69) is 10.3 Å². The fourth-order valence-electron chi connectivity index (χ4n) is 3.31. The second-order valence-electron chi connectivity index (χ2n) is 7.26. The summed E-state index contributed by atoms with van der Waals surface area (Å²) in [5.74, 6) is 0.414. The first kappa shape index (κ1) is 22.0. The van der Waals surface area contributed by atoms with E-state index in [9.17, 15) is 14.4 Å². The molecule has 0 saturated heterocycles. The molecule has 32 heavy (non-hydrogen) atoms. The number of nitrogens with one attached hydrogen (secondary N) is 1. The Morgan fingerprint density at radius 2 is 1.84 bits per heavy atom. The molecule has 0 aliphatic carbocycles. The summed E-state index contributed by atoms with van der Waals surface area (Å²) in [6.45, 7) is 5.70. The van der Waals surface area contributed by atoms with Crippen molar-refractivity contribution in [3.8, 4) is 5.69 Å². The van der Waals surface area contributed by atoms with E-state index in [4.69, 9.17) is 0 Å². The van der Waals surface area contributed by atoms with Crippen LogP contribution in [0.4, 0.5) is 5.69 Å². The first-order chi connectivity index (χ1) is 15.4. The number of aryl methyl sites for hydroxylation is 2. The zero-order valence-electron chi connectivity index (χ0n) is 17.9. The van der Waals surface area contributed by atoms with Crippen LogP contribution in [-0.2, 0) is 11.3 Å². The highest BCUT2D eigenvalue weighted by Crippen LogP contribution is 2.27. The molecular formula is C23H22N4O3S2. The lowest BCUT2D eigenvalue weighted by Gasteiger charge is -2.12. The van der Waals surface area contributed by atoms with Gasteiger partial charge in [0.15, 0.2) is 9.99 Å². The van der Waals surface area contributed by atoms with Gasteiger partial charge in [-0.3, -0.25) is 14.2 Å². The number of anilines is 1. The molecular weight excluding hydrogens is 444 g/mol. The molecule has 1 N–H and O–H groups in total. The molecule has 0 saturated carbocycles. The zero-order valence-corrected chi connectivity index (χ0v) is 19.5. The Hall–Kier alpha value is -3.17. The van der Waals surface area contributed by atoms with Crippen molar-refractivity contribution in [1.82, 2.24) is 14.1 Å². The molecule has 0 unspecified atom stereocenters. The van der Waals surface area contributed by atoms with Crippen molar-refractivity contribution in [2.75, 3.05) is 11.1 Å². The van der Waals surface area contributed by atoms with Gasteiger partial charge in [0, 0.05) is 5.69 Å². The van der Waals surface area contributed by atoms with Crippen LogP contribution in [0.15, 0.2) is 62.5 Å². The summed E-state index contributed by atoms with van der Waals surface area (Å²) < 4.78 is 3.41. The van der Waals surface area contributed by atoms with Crippen molar-refractivity contribution in [3.63, 3.8) is 0 Å². The fourth-order valence-corrected chi connectivity index (χ4v) is 5.28. The van der Waals surface area contributed by atoms with E-state index >= 15 is 0 Å². The average molecular weight is 467 g/mol. The quantitative estimate of drug-likeness (QED) is 0.435. The number of thioether (sulfide) groups is 1. The highest BCUT2D eigenvalue weighted by atomic mass is 32.2. The number of carbonyl (C=O) groups excluding carboxylic acids is 1. The maximum absolute atomic E-state index is 13.4. The van der Waals surface area contributed by atoms with Gasteiger partial charge >= 0.3 is 5.69 Å². The highest BCUT2D eigenvalue weighted by molar-refractivity contribution is 8.01. The Kier molecular flexibility index (Phi) is 6.29. The van der Waals surface area contributed by atoms with Gasteiger partial charge < -0.3 is 5.32 Å². The van der Waals surface area contributed by atoms with Crippen molar-refractivity contribution >= 4 is 45.0 Å². The number of fused-ring (bicyclic) bond motifs is 1. The monoisotopic (exact) mass is 466 g/mol. The number of hydrogen-bond acceptors (Lipinski definition) is 6. The molecule has 9 heteroatoms. The Bertz CT molecular complexity index is 1420. The van der Waals surface area contributed by atoms with Gasteiger partial charge in [0.1, 0.15) is 11.2 Å². The van der Waals surface area contributed by atoms with E-state index in [1.54, 1.807) is 24.3 Å². The molecule has 0 atom stereocenters. The number of amides is 1. The van der Waals surface area contributed by atoms with Gasteiger partial charge in [-0.15, -0.1) is 11.3 Å². The number of benzene rings is 2. The van der Waals surface area contributed by atoms with E-state index in [-0.39, 0.29) is 18.1 Å². The number of hydrogen-bond donors (Lipinski definition) is 1. The maximum atomic E-state index is 13.4. The summed E-state index contributed by atoms with van der Waals surface area (Å²) in [6.07, 6.45) is 0. The van der Waals surface area contributed by atoms with Gasteiger partial charge in [-0.25, -0.2) is 14.3 Å². The van der Waals surface area contributed by atoms with E-state index in [1.165, 1.54) is 27.7 Å². The number of carbonyl (C=O) groups is 1. The van der Waals surface area contributed by atoms with Gasteiger partial charge in [0.25, 0.3) is 5.56 Å². The first-order valence-corrected chi connectivity index (χ1v) is 11.9. The molecule has 0 fully saturated rings. The van der Waals surface area contributed by atoms with Gasteiger partial charge in [-0.1, -0.05) is 43.0 Å². The summed E-state index contributed by atoms with van der Waals surface area (Å²) >= 11 is 2.74. The normalized spacial score (nSPS) is 11.1. The molecule has 4 aromatic rings. The molecule has 2 aromatic carbocycles. The van der Waals surface area contributed by atoms with E-state index < -0.39 is 11.2 Å². The Balaban J connectivity index is 1.81. The third kappa shape index (κ3) is 4.26. The lowest BCUT2D eigenvalue weighted by Crippen LogP contribution is -2.40. The van der Waals surface area contributed by atoms with E-state index in [1.807, 2.05) is 45.0 Å². The SMILES string of the molecule is CCSc1nc2c(s1)c(=O)n(-c1ccccc1)c(=O)n2CC(=O)Nc1ccc(C)c(C)c1. The summed E-state index contributed by atoms with van der Waals surface area (Å²) in [4.78, 5) is 43.9. The molecule has 0 spiro atoms. The summed E-state index contributed by atoms with van der Waals surface area (Å²) in [7, 11) is 0. The maximum Gasteiger partial charge on any atom is 0.337 e. The van der Waals surface area contributed by atoms with Crippen molar-refractivity contribution in [3.05, 3.63) is 80.5 Å². The first-order valence-electron chi connectivity index (χ1n) is 10.1. The molecule has 2 aromatic heterocycles. The van der Waals surface area contributed by atoms with Crippen LogP contribution in [0.1, 0.15) is 18.1 Å². The Labute approximate surface area is 192 Å². The number of rotatable bonds is 6. The largest absolute Gasteiger partial charge is 0.337 e. The number of nitrogens with zero attached hydrogens (tertiary/aromatic N) is 3. The molecule has 0 aliphatic rings. The van der Waals surface area contributed by atoms with Crippen LogP contribution in [0.5, 0.6) is 0 Å². The minimum atomic E-state index is -0.595. The molecule has 2 heterocycles. The zero-order chi connectivity index (χ0) is 22.8. The summed E-state index contributed by atoms with van der Waals surface area (Å²) in [5, 5.41) is 2.84. The Morgan fingerprint density at radius 3 is 2.53 bits per heavy atom. The number of thiazole rings is 1. The molecule has 164 valence electrons. The van der Waals surface area contributed by atoms with Gasteiger partial charge in [0.2, 0.25) is 5.91 Å². The highest BCUT2D eigenvalue weighted by Gasteiger charge is 2.20. The lowest BCUT2D eigenvalue weighted by molar-refractivity contribution is -0.116. The van der Waals surface area contributed by atoms with Gasteiger partial charge in [-0.2, -0.15) is 0 Å². The van der Waals surface area contributed by atoms with Crippen molar-refractivity contribution in [1.29, 1.82) is 0 Å². The molecule has 0 aliphatic heterocycles. The molecule has 1 amide bonds. The molecule has 0 bridgehead atoms. The minimum Gasteiger partial charge on any atom is -0.325 e. The predicted octanol–water partition coefficient (Wildman–Crippen LogP) is 3.98. The average Bonchev–Trinajstić information content (AvgIpc) is 3.19. The molecule has 0 radical (unpaired) electrons. The van der Waals surface area contributed by atoms with Crippen LogP contribution < -0.4 is 16.6 Å². The van der Waals surface area contributed by atoms with Crippen molar-refractivity contribution in [2.24, 2.45) is 0 Å². The third-order valence-corrected chi connectivity index (χ3v) is 7.10. The van der Waals surface area contributed by atoms with E-state index in [0.717, 1.165) is 21.4 Å². The van der Waals surface area contributed by atoms with E-state index in [0.29, 0.717) is 20.4 Å². The van der Waals surface area contributed by atoms with Crippen molar-refractivity contribution in [2.45, 2.75) is 31.7 Å².